The van der Waals surface area contributed by atoms with E-state index in [0.29, 0.717) is 13.2 Å². The van der Waals surface area contributed by atoms with E-state index in [1.807, 2.05) is 0 Å². The van der Waals surface area contributed by atoms with Crippen LogP contribution in [0.25, 0.3) is 0 Å². The Morgan fingerprint density at radius 3 is 2.95 bits per heavy atom. The van der Waals surface area contributed by atoms with E-state index in [2.05, 4.69) is 11.5 Å². The number of rotatable bonds is 7. The van der Waals surface area contributed by atoms with Gasteiger partial charge in [-0.05, 0) is 19.4 Å². The fourth-order valence-electron chi connectivity index (χ4n) is 2.51. The van der Waals surface area contributed by atoms with E-state index in [0.717, 1.165) is 45.7 Å². The van der Waals surface area contributed by atoms with Gasteiger partial charge in [0.1, 0.15) is 6.10 Å². The highest BCUT2D eigenvalue weighted by atomic mass is 16.6. The summed E-state index contributed by atoms with van der Waals surface area (Å²) < 4.78 is 16.0. The maximum atomic E-state index is 11.7. The van der Waals surface area contributed by atoms with E-state index in [9.17, 15) is 4.79 Å². The van der Waals surface area contributed by atoms with Gasteiger partial charge in [0.25, 0.3) is 0 Å². The van der Waals surface area contributed by atoms with E-state index in [4.69, 9.17) is 14.2 Å². The number of carbonyl (C=O) groups excluding carboxylic acids is 1. The van der Waals surface area contributed by atoms with Gasteiger partial charge in [-0.1, -0.05) is 6.08 Å². The largest absolute Gasteiger partial charge is 0.460 e. The van der Waals surface area contributed by atoms with E-state index < -0.39 is 0 Å². The molecule has 2 fully saturated rings. The summed E-state index contributed by atoms with van der Waals surface area (Å²) in [5, 5.41) is 0. The summed E-state index contributed by atoms with van der Waals surface area (Å²) in [4.78, 5) is 14.1. The highest BCUT2D eigenvalue weighted by Gasteiger charge is 2.34. The summed E-state index contributed by atoms with van der Waals surface area (Å²) in [6.07, 6.45) is 3.27. The van der Waals surface area contributed by atoms with Crippen LogP contribution in [0, 0.1) is 5.92 Å². The molecule has 5 heteroatoms. The lowest BCUT2D eigenvalue weighted by Crippen LogP contribution is -2.37. The lowest BCUT2D eigenvalue weighted by atomic mass is 10.0. The molecular weight excluding hydrogens is 246 g/mol. The van der Waals surface area contributed by atoms with Crippen molar-refractivity contribution >= 4 is 5.97 Å². The maximum absolute atomic E-state index is 11.7. The summed E-state index contributed by atoms with van der Waals surface area (Å²) in [7, 11) is 0. The first kappa shape index (κ1) is 14.5. The molecule has 2 aliphatic heterocycles. The van der Waals surface area contributed by atoms with Crippen molar-refractivity contribution in [3.8, 4) is 0 Å². The van der Waals surface area contributed by atoms with Crippen LogP contribution in [0.2, 0.25) is 0 Å². The summed E-state index contributed by atoms with van der Waals surface area (Å²) in [6.45, 7) is 9.05. The fraction of sp³-hybridized carbons (Fsp3) is 0.786. The Hall–Kier alpha value is -0.910. The molecule has 2 rings (SSSR count). The zero-order chi connectivity index (χ0) is 13.5. The van der Waals surface area contributed by atoms with Gasteiger partial charge < -0.3 is 14.2 Å². The van der Waals surface area contributed by atoms with Crippen LogP contribution in [-0.2, 0) is 19.0 Å². The molecule has 108 valence electrons. The van der Waals surface area contributed by atoms with Crippen LogP contribution in [0.5, 0.6) is 0 Å². The molecule has 2 unspecified atom stereocenters. The van der Waals surface area contributed by atoms with Gasteiger partial charge >= 0.3 is 5.97 Å². The van der Waals surface area contributed by atoms with Gasteiger partial charge in [0.2, 0.25) is 0 Å². The van der Waals surface area contributed by atoms with Gasteiger partial charge in [0, 0.05) is 13.1 Å². The Kier molecular flexibility index (Phi) is 5.82. The maximum Gasteiger partial charge on any atom is 0.309 e. The summed E-state index contributed by atoms with van der Waals surface area (Å²) in [5.41, 5.74) is 0. The first-order valence-corrected chi connectivity index (χ1v) is 6.99. The second kappa shape index (κ2) is 7.62. The van der Waals surface area contributed by atoms with Crippen molar-refractivity contribution in [3.05, 3.63) is 12.7 Å². The Morgan fingerprint density at radius 2 is 2.21 bits per heavy atom. The smallest absolute Gasteiger partial charge is 0.309 e. The van der Waals surface area contributed by atoms with Crippen molar-refractivity contribution in [1.82, 2.24) is 4.90 Å². The van der Waals surface area contributed by atoms with Crippen LogP contribution in [0.1, 0.15) is 12.8 Å². The lowest BCUT2D eigenvalue weighted by molar-refractivity contribution is -0.146. The number of esters is 1. The quantitative estimate of drug-likeness (QED) is 0.389. The molecule has 0 N–H and O–H groups in total. The van der Waals surface area contributed by atoms with E-state index in [1.54, 1.807) is 6.08 Å². The molecule has 2 aliphatic rings. The molecule has 0 saturated carbocycles. The second-order valence-electron chi connectivity index (χ2n) is 5.06. The predicted molar refractivity (Wildman–Crippen MR) is 70.9 cm³/mol. The van der Waals surface area contributed by atoms with Crippen molar-refractivity contribution in [2.24, 2.45) is 5.92 Å². The molecule has 2 saturated heterocycles. The second-order valence-corrected chi connectivity index (χ2v) is 5.06. The predicted octanol–water partition coefficient (Wildman–Crippen LogP) is 0.843. The van der Waals surface area contributed by atoms with Crippen molar-refractivity contribution in [2.75, 3.05) is 46.1 Å². The fourth-order valence-corrected chi connectivity index (χ4v) is 2.51. The molecule has 5 nitrogen and oxygen atoms in total. The Balaban J connectivity index is 1.66. The molecule has 0 aromatic heterocycles. The molecule has 0 aromatic rings. The number of morpholine rings is 1. The number of hydrogen-bond acceptors (Lipinski definition) is 5. The first-order chi connectivity index (χ1) is 9.29. The molecule has 0 aromatic carbocycles. The lowest BCUT2D eigenvalue weighted by Gasteiger charge is -2.26. The monoisotopic (exact) mass is 269 g/mol. The highest BCUT2D eigenvalue weighted by molar-refractivity contribution is 5.74. The van der Waals surface area contributed by atoms with Gasteiger partial charge in [-0.2, -0.15) is 0 Å². The van der Waals surface area contributed by atoms with Gasteiger partial charge in [-0.15, -0.1) is 6.58 Å². The third kappa shape index (κ3) is 4.60. The third-order valence-electron chi connectivity index (χ3n) is 3.60. The number of nitrogens with zero attached hydrogens (tertiary/aromatic N) is 1. The summed E-state index contributed by atoms with van der Waals surface area (Å²) in [6, 6.07) is 0. The van der Waals surface area contributed by atoms with Crippen LogP contribution in [-0.4, -0.2) is 63.0 Å². The number of cyclic esters (lactones) is 1. The van der Waals surface area contributed by atoms with E-state index in [1.165, 1.54) is 0 Å². The summed E-state index contributed by atoms with van der Waals surface area (Å²) in [5.74, 6) is -0.0411. The average molecular weight is 269 g/mol. The van der Waals surface area contributed by atoms with Gasteiger partial charge in [0.15, 0.2) is 0 Å². The molecule has 2 atom stereocenters. The SMILES string of the molecule is C=CCOCC1CC(CCN2CCOCC2)C(=O)O1. The van der Waals surface area contributed by atoms with Gasteiger partial charge in [-0.3, -0.25) is 9.69 Å². The molecule has 2 heterocycles. The van der Waals surface area contributed by atoms with E-state index in [-0.39, 0.29) is 18.0 Å². The summed E-state index contributed by atoms with van der Waals surface area (Å²) >= 11 is 0. The van der Waals surface area contributed by atoms with Gasteiger partial charge in [0.05, 0.1) is 32.3 Å². The highest BCUT2D eigenvalue weighted by Crippen LogP contribution is 2.24. The molecular formula is C14H23NO4. The van der Waals surface area contributed by atoms with Crippen LogP contribution < -0.4 is 0 Å². The zero-order valence-electron chi connectivity index (χ0n) is 11.4. The molecule has 0 amide bonds. The molecule has 0 spiro atoms. The topological polar surface area (TPSA) is 48.0 Å². The molecule has 0 radical (unpaired) electrons. The van der Waals surface area contributed by atoms with Crippen LogP contribution in [0.4, 0.5) is 0 Å². The minimum absolute atomic E-state index is 0.0279. The van der Waals surface area contributed by atoms with Crippen molar-refractivity contribution < 1.29 is 19.0 Å². The van der Waals surface area contributed by atoms with Gasteiger partial charge in [-0.25, -0.2) is 0 Å². The molecule has 19 heavy (non-hydrogen) atoms. The third-order valence-corrected chi connectivity index (χ3v) is 3.60. The van der Waals surface area contributed by atoms with Crippen molar-refractivity contribution in [3.63, 3.8) is 0 Å². The van der Waals surface area contributed by atoms with Crippen molar-refractivity contribution in [1.29, 1.82) is 0 Å². The Morgan fingerprint density at radius 1 is 1.42 bits per heavy atom. The minimum atomic E-state index is -0.0814. The molecule has 0 bridgehead atoms. The normalized spacial score (nSPS) is 28.3. The van der Waals surface area contributed by atoms with Crippen LogP contribution in [0.3, 0.4) is 0 Å². The first-order valence-electron chi connectivity index (χ1n) is 6.99. The van der Waals surface area contributed by atoms with Crippen LogP contribution >= 0.6 is 0 Å². The average Bonchev–Trinajstić information content (AvgIpc) is 2.78. The minimum Gasteiger partial charge on any atom is -0.460 e. The van der Waals surface area contributed by atoms with Crippen LogP contribution in [0.15, 0.2) is 12.7 Å². The van der Waals surface area contributed by atoms with E-state index >= 15 is 0 Å². The number of ether oxygens (including phenoxy) is 3. The van der Waals surface area contributed by atoms with Crippen molar-refractivity contribution in [2.45, 2.75) is 18.9 Å². The number of hydrogen-bond donors (Lipinski definition) is 0. The standard InChI is InChI=1S/C14H23NO4/c1-2-7-18-11-13-10-12(14(16)19-13)3-4-15-5-8-17-9-6-15/h2,12-13H,1,3-11H2. The molecule has 0 aliphatic carbocycles. The Labute approximate surface area is 114 Å². The Bertz CT molecular complexity index is 302. The zero-order valence-corrected chi connectivity index (χ0v) is 11.4. The number of carbonyl (C=O) groups is 1.